The number of aliphatic hydroxyl groups excluding tert-OH is 2. The monoisotopic (exact) mass is 372 g/mol. The number of hydrogen-bond donors (Lipinski definition) is 2. The van der Waals surface area contributed by atoms with E-state index in [2.05, 4.69) is 9.98 Å². The van der Waals surface area contributed by atoms with Crippen molar-refractivity contribution in [2.24, 2.45) is 9.98 Å². The standard InChI is InChI=1S/C24H24N2O2/c27-23(21-7-3-1-4-8-21)17-25-15-19-11-13-20(14-12-19)16-26-18-24(28)22-9-5-2-6-10-22/h1-16,23-24,27-28H,17-18H2/t23-,24-/m0/s1. The fourth-order valence-electron chi connectivity index (χ4n) is 2.75. The van der Waals surface area contributed by atoms with Gasteiger partial charge >= 0.3 is 0 Å². The summed E-state index contributed by atoms with van der Waals surface area (Å²) in [5.41, 5.74) is 3.65. The van der Waals surface area contributed by atoms with Gasteiger partial charge in [-0.15, -0.1) is 0 Å². The van der Waals surface area contributed by atoms with Gasteiger partial charge in [0, 0.05) is 12.4 Å². The third-order valence-corrected chi connectivity index (χ3v) is 4.34. The Morgan fingerprint density at radius 1 is 0.571 bits per heavy atom. The average Bonchev–Trinajstić information content (AvgIpc) is 2.76. The lowest BCUT2D eigenvalue weighted by Gasteiger charge is -2.07. The van der Waals surface area contributed by atoms with Gasteiger partial charge in [-0.3, -0.25) is 9.98 Å². The Labute approximate surface area is 165 Å². The lowest BCUT2D eigenvalue weighted by atomic mass is 10.1. The third kappa shape index (κ3) is 5.98. The summed E-state index contributed by atoms with van der Waals surface area (Å²) in [6.45, 7) is 0.648. The van der Waals surface area contributed by atoms with Crippen LogP contribution in [0.25, 0.3) is 0 Å². The van der Waals surface area contributed by atoms with E-state index in [9.17, 15) is 10.2 Å². The van der Waals surface area contributed by atoms with E-state index in [1.165, 1.54) is 0 Å². The van der Waals surface area contributed by atoms with Crippen LogP contribution in [0.5, 0.6) is 0 Å². The number of benzene rings is 3. The predicted molar refractivity (Wildman–Crippen MR) is 114 cm³/mol. The third-order valence-electron chi connectivity index (χ3n) is 4.34. The minimum atomic E-state index is -0.597. The van der Waals surface area contributed by atoms with Crippen LogP contribution in [-0.2, 0) is 0 Å². The highest BCUT2D eigenvalue weighted by atomic mass is 16.3. The zero-order valence-corrected chi connectivity index (χ0v) is 15.6. The molecule has 0 bridgehead atoms. The van der Waals surface area contributed by atoms with Crippen LogP contribution in [-0.4, -0.2) is 35.7 Å². The number of rotatable bonds is 8. The molecule has 2 N–H and O–H groups in total. The molecule has 0 aliphatic carbocycles. The maximum Gasteiger partial charge on any atom is 0.0985 e. The van der Waals surface area contributed by atoms with Crippen LogP contribution in [0.1, 0.15) is 34.5 Å². The molecule has 0 heterocycles. The van der Waals surface area contributed by atoms with E-state index in [0.717, 1.165) is 22.3 Å². The van der Waals surface area contributed by atoms with Gasteiger partial charge in [-0.05, 0) is 22.3 Å². The second-order valence-electron chi connectivity index (χ2n) is 6.51. The molecule has 0 aliphatic heterocycles. The molecule has 4 nitrogen and oxygen atoms in total. The molecule has 0 spiro atoms. The van der Waals surface area contributed by atoms with Gasteiger partial charge in [0.2, 0.25) is 0 Å². The van der Waals surface area contributed by atoms with Crippen LogP contribution in [0.3, 0.4) is 0 Å². The minimum absolute atomic E-state index is 0.324. The Balaban J connectivity index is 1.49. The van der Waals surface area contributed by atoms with Crippen LogP contribution in [0.15, 0.2) is 94.9 Å². The Morgan fingerprint density at radius 3 is 1.29 bits per heavy atom. The highest BCUT2D eigenvalue weighted by Gasteiger charge is 2.05. The van der Waals surface area contributed by atoms with E-state index in [1.54, 1.807) is 12.4 Å². The summed E-state index contributed by atoms with van der Waals surface area (Å²) in [5.74, 6) is 0. The van der Waals surface area contributed by atoms with E-state index in [1.807, 2.05) is 84.9 Å². The van der Waals surface area contributed by atoms with E-state index >= 15 is 0 Å². The van der Waals surface area contributed by atoms with Crippen molar-refractivity contribution in [2.75, 3.05) is 13.1 Å². The molecule has 0 aliphatic rings. The van der Waals surface area contributed by atoms with Crippen molar-refractivity contribution in [3.8, 4) is 0 Å². The zero-order chi connectivity index (χ0) is 19.6. The largest absolute Gasteiger partial charge is 0.386 e. The predicted octanol–water partition coefficient (Wildman–Crippen LogP) is 3.99. The molecule has 28 heavy (non-hydrogen) atoms. The summed E-state index contributed by atoms with van der Waals surface area (Å²) in [7, 11) is 0. The first-order chi connectivity index (χ1) is 13.7. The smallest absolute Gasteiger partial charge is 0.0985 e. The van der Waals surface area contributed by atoms with Crippen molar-refractivity contribution >= 4 is 12.4 Å². The van der Waals surface area contributed by atoms with Crippen molar-refractivity contribution in [1.29, 1.82) is 0 Å². The molecule has 4 heteroatoms. The molecular formula is C24H24N2O2. The summed E-state index contributed by atoms with van der Waals surface area (Å²) in [6.07, 6.45) is 2.32. The average molecular weight is 372 g/mol. The Hall–Kier alpha value is -3.08. The molecular weight excluding hydrogens is 348 g/mol. The van der Waals surface area contributed by atoms with Crippen LogP contribution in [0.2, 0.25) is 0 Å². The summed E-state index contributed by atoms with van der Waals surface area (Å²) in [6, 6.07) is 26.8. The van der Waals surface area contributed by atoms with Crippen molar-refractivity contribution in [2.45, 2.75) is 12.2 Å². The van der Waals surface area contributed by atoms with Gasteiger partial charge in [-0.2, -0.15) is 0 Å². The summed E-state index contributed by atoms with van der Waals surface area (Å²) < 4.78 is 0. The van der Waals surface area contributed by atoms with Gasteiger partial charge in [0.1, 0.15) is 0 Å². The Kier molecular flexibility index (Phi) is 7.24. The molecule has 0 saturated carbocycles. The second kappa shape index (κ2) is 10.3. The van der Waals surface area contributed by atoms with Crippen LogP contribution in [0, 0.1) is 0 Å². The quantitative estimate of drug-likeness (QED) is 0.587. The van der Waals surface area contributed by atoms with Crippen molar-refractivity contribution in [3.63, 3.8) is 0 Å². The first-order valence-electron chi connectivity index (χ1n) is 9.28. The first kappa shape index (κ1) is 19.7. The highest BCUT2D eigenvalue weighted by molar-refractivity contribution is 5.84. The minimum Gasteiger partial charge on any atom is -0.386 e. The summed E-state index contributed by atoms with van der Waals surface area (Å²) in [5, 5.41) is 20.2. The zero-order valence-electron chi connectivity index (χ0n) is 15.6. The SMILES string of the molecule is O[C@@H](CN=Cc1ccc(C=NC[C@H](O)c2ccccc2)cc1)c1ccccc1. The van der Waals surface area contributed by atoms with Crippen LogP contribution >= 0.6 is 0 Å². The molecule has 2 atom stereocenters. The van der Waals surface area contributed by atoms with Crippen LogP contribution in [0.4, 0.5) is 0 Å². The molecule has 0 unspecified atom stereocenters. The maximum absolute atomic E-state index is 10.1. The molecule has 3 aromatic rings. The molecule has 142 valence electrons. The summed E-state index contributed by atoms with van der Waals surface area (Å²) >= 11 is 0. The van der Waals surface area contributed by atoms with E-state index in [4.69, 9.17) is 0 Å². The normalized spacial score (nSPS) is 13.8. The van der Waals surface area contributed by atoms with Gasteiger partial charge < -0.3 is 10.2 Å². The maximum atomic E-state index is 10.1. The molecule has 3 rings (SSSR count). The number of aliphatic hydroxyl groups is 2. The number of aliphatic imine (C=N–C) groups is 2. The van der Waals surface area contributed by atoms with Gasteiger partial charge in [0.05, 0.1) is 25.3 Å². The van der Waals surface area contributed by atoms with E-state index in [0.29, 0.717) is 13.1 Å². The van der Waals surface area contributed by atoms with E-state index < -0.39 is 12.2 Å². The highest BCUT2D eigenvalue weighted by Crippen LogP contribution is 2.13. The van der Waals surface area contributed by atoms with Crippen molar-refractivity contribution < 1.29 is 10.2 Å². The molecule has 3 aromatic carbocycles. The van der Waals surface area contributed by atoms with Gasteiger partial charge in [0.25, 0.3) is 0 Å². The Morgan fingerprint density at radius 2 is 0.929 bits per heavy atom. The van der Waals surface area contributed by atoms with Crippen molar-refractivity contribution in [3.05, 3.63) is 107 Å². The van der Waals surface area contributed by atoms with Crippen LogP contribution < -0.4 is 0 Å². The number of hydrogen-bond acceptors (Lipinski definition) is 4. The van der Waals surface area contributed by atoms with Gasteiger partial charge in [0.15, 0.2) is 0 Å². The van der Waals surface area contributed by atoms with E-state index in [-0.39, 0.29) is 0 Å². The Bertz CT molecular complexity index is 814. The lowest BCUT2D eigenvalue weighted by Crippen LogP contribution is -2.01. The topological polar surface area (TPSA) is 65.2 Å². The fraction of sp³-hybridized carbons (Fsp3) is 0.167. The molecule has 0 radical (unpaired) electrons. The van der Waals surface area contributed by atoms with Crippen molar-refractivity contribution in [1.82, 2.24) is 0 Å². The summed E-state index contributed by atoms with van der Waals surface area (Å²) in [4.78, 5) is 8.65. The van der Waals surface area contributed by atoms with Gasteiger partial charge in [-0.1, -0.05) is 84.9 Å². The van der Waals surface area contributed by atoms with Gasteiger partial charge in [-0.25, -0.2) is 0 Å². The molecule has 0 fully saturated rings. The molecule has 0 amide bonds. The molecule has 0 saturated heterocycles. The fourth-order valence-corrected chi connectivity index (χ4v) is 2.75. The lowest BCUT2D eigenvalue weighted by molar-refractivity contribution is 0.187. The molecule has 0 aromatic heterocycles. The first-order valence-corrected chi connectivity index (χ1v) is 9.28. The number of nitrogens with zero attached hydrogens (tertiary/aromatic N) is 2. The second-order valence-corrected chi connectivity index (χ2v) is 6.51.